The molecule has 20 heavy (non-hydrogen) atoms. The fraction of sp³-hybridized carbons (Fsp3) is 0.533. The van der Waals surface area contributed by atoms with Crippen LogP contribution in [-0.2, 0) is 0 Å². The van der Waals surface area contributed by atoms with Crippen molar-refractivity contribution in [2.45, 2.75) is 45.1 Å². The predicted octanol–water partition coefficient (Wildman–Crippen LogP) is 3.89. The number of oxime groups is 1. The van der Waals surface area contributed by atoms with Crippen molar-refractivity contribution in [1.82, 2.24) is 0 Å². The van der Waals surface area contributed by atoms with Gasteiger partial charge in [-0.05, 0) is 43.4 Å². The van der Waals surface area contributed by atoms with Crippen molar-refractivity contribution in [1.29, 1.82) is 0 Å². The van der Waals surface area contributed by atoms with Gasteiger partial charge in [-0.2, -0.15) is 0 Å². The second kappa shape index (κ2) is 6.97. The molecule has 0 amide bonds. The van der Waals surface area contributed by atoms with Crippen molar-refractivity contribution in [2.24, 2.45) is 16.8 Å². The molecule has 2 unspecified atom stereocenters. The highest BCUT2D eigenvalue weighted by Crippen LogP contribution is 2.32. The van der Waals surface area contributed by atoms with Crippen LogP contribution < -0.4 is 10.5 Å². The molecule has 110 valence electrons. The van der Waals surface area contributed by atoms with Crippen LogP contribution in [0.25, 0.3) is 0 Å². The smallest absolute Gasteiger partial charge is 0.173 e. The van der Waals surface area contributed by atoms with Crippen molar-refractivity contribution < 1.29 is 9.94 Å². The van der Waals surface area contributed by atoms with Crippen LogP contribution in [0.2, 0.25) is 0 Å². The van der Waals surface area contributed by atoms with E-state index < -0.39 is 0 Å². The third kappa shape index (κ3) is 3.66. The largest absolute Gasteiger partial charge is 0.490 e. The van der Waals surface area contributed by atoms with Crippen LogP contribution >= 0.6 is 15.9 Å². The summed E-state index contributed by atoms with van der Waals surface area (Å²) in [6, 6.07) is 5.54. The van der Waals surface area contributed by atoms with Gasteiger partial charge in [-0.3, -0.25) is 0 Å². The highest BCUT2D eigenvalue weighted by atomic mass is 79.9. The Hall–Kier alpha value is -1.23. The minimum atomic E-state index is 0.0790. The van der Waals surface area contributed by atoms with Crippen LogP contribution in [-0.4, -0.2) is 17.1 Å². The lowest BCUT2D eigenvalue weighted by molar-refractivity contribution is 0.121. The Morgan fingerprint density at radius 3 is 3.00 bits per heavy atom. The van der Waals surface area contributed by atoms with Crippen molar-refractivity contribution in [3.05, 3.63) is 28.2 Å². The molecule has 0 aromatic heterocycles. The molecule has 0 aliphatic heterocycles. The zero-order chi connectivity index (χ0) is 14.5. The fourth-order valence-electron chi connectivity index (χ4n) is 2.76. The molecule has 0 bridgehead atoms. The molecule has 1 fully saturated rings. The Balaban J connectivity index is 2.17. The van der Waals surface area contributed by atoms with Gasteiger partial charge in [-0.25, -0.2) is 0 Å². The van der Waals surface area contributed by atoms with Gasteiger partial charge in [0.25, 0.3) is 0 Å². The van der Waals surface area contributed by atoms with Gasteiger partial charge in [-0.15, -0.1) is 0 Å². The summed E-state index contributed by atoms with van der Waals surface area (Å²) in [7, 11) is 0. The zero-order valence-corrected chi connectivity index (χ0v) is 13.3. The second-order valence-corrected chi connectivity index (χ2v) is 6.22. The zero-order valence-electron chi connectivity index (χ0n) is 11.7. The minimum absolute atomic E-state index is 0.0790. The van der Waals surface area contributed by atoms with Crippen molar-refractivity contribution >= 4 is 21.8 Å². The SMILES string of the molecule is CCC1CCCC(Oc2cc(Br)ccc2/C(N)=N/O)C1. The molecule has 0 saturated heterocycles. The van der Waals surface area contributed by atoms with Crippen molar-refractivity contribution in [3.8, 4) is 5.75 Å². The van der Waals surface area contributed by atoms with E-state index in [1.54, 1.807) is 6.07 Å². The average molecular weight is 341 g/mol. The van der Waals surface area contributed by atoms with Crippen LogP contribution in [0.5, 0.6) is 5.75 Å². The Morgan fingerprint density at radius 2 is 2.30 bits per heavy atom. The number of hydrogen-bond donors (Lipinski definition) is 2. The number of nitrogens with two attached hydrogens (primary N) is 1. The summed E-state index contributed by atoms with van der Waals surface area (Å²) in [5.41, 5.74) is 6.34. The number of benzene rings is 1. The maximum atomic E-state index is 8.86. The first kappa shape index (κ1) is 15.2. The quantitative estimate of drug-likeness (QED) is 0.378. The summed E-state index contributed by atoms with van der Waals surface area (Å²) in [5, 5.41) is 11.9. The molecule has 2 atom stereocenters. The molecule has 0 spiro atoms. The van der Waals surface area contributed by atoms with E-state index in [9.17, 15) is 0 Å². The number of ether oxygens (including phenoxy) is 1. The Bertz CT molecular complexity index is 491. The van der Waals surface area contributed by atoms with Crippen LogP contribution in [0.1, 0.15) is 44.6 Å². The Labute approximate surface area is 128 Å². The Morgan fingerprint density at radius 1 is 1.50 bits per heavy atom. The van der Waals surface area contributed by atoms with E-state index in [0.29, 0.717) is 11.3 Å². The minimum Gasteiger partial charge on any atom is -0.490 e. The first-order valence-corrected chi connectivity index (χ1v) is 7.87. The first-order chi connectivity index (χ1) is 9.63. The first-order valence-electron chi connectivity index (χ1n) is 7.08. The number of hydrogen-bond acceptors (Lipinski definition) is 3. The summed E-state index contributed by atoms with van der Waals surface area (Å²) >= 11 is 3.43. The molecular weight excluding hydrogens is 320 g/mol. The lowest BCUT2D eigenvalue weighted by Gasteiger charge is -2.29. The van der Waals surface area contributed by atoms with Gasteiger partial charge >= 0.3 is 0 Å². The second-order valence-electron chi connectivity index (χ2n) is 5.31. The maximum Gasteiger partial charge on any atom is 0.173 e. The van der Waals surface area contributed by atoms with E-state index in [-0.39, 0.29) is 11.9 Å². The molecule has 1 saturated carbocycles. The van der Waals surface area contributed by atoms with E-state index in [1.807, 2.05) is 12.1 Å². The van der Waals surface area contributed by atoms with Gasteiger partial charge in [0.1, 0.15) is 5.75 Å². The van der Waals surface area contributed by atoms with E-state index in [4.69, 9.17) is 15.7 Å². The normalized spacial score (nSPS) is 23.6. The summed E-state index contributed by atoms with van der Waals surface area (Å²) in [6.07, 6.45) is 6.06. The predicted molar refractivity (Wildman–Crippen MR) is 83.3 cm³/mol. The summed E-state index contributed by atoms with van der Waals surface area (Å²) < 4.78 is 7.04. The van der Waals surface area contributed by atoms with E-state index in [0.717, 1.165) is 23.2 Å². The number of halogens is 1. The molecule has 1 aromatic carbocycles. The molecule has 1 aliphatic carbocycles. The highest BCUT2D eigenvalue weighted by molar-refractivity contribution is 9.10. The van der Waals surface area contributed by atoms with Crippen molar-refractivity contribution in [2.75, 3.05) is 0 Å². The van der Waals surface area contributed by atoms with Gasteiger partial charge in [0.2, 0.25) is 0 Å². The van der Waals surface area contributed by atoms with Crippen LogP contribution in [0.15, 0.2) is 27.8 Å². The van der Waals surface area contributed by atoms with Gasteiger partial charge in [0.05, 0.1) is 11.7 Å². The lowest BCUT2D eigenvalue weighted by atomic mass is 9.85. The van der Waals surface area contributed by atoms with E-state index in [1.165, 1.54) is 19.3 Å². The Kier molecular flexibility index (Phi) is 5.29. The van der Waals surface area contributed by atoms with Gasteiger partial charge < -0.3 is 15.7 Å². The molecule has 5 heteroatoms. The number of amidine groups is 1. The summed E-state index contributed by atoms with van der Waals surface area (Å²) in [6.45, 7) is 2.23. The molecule has 1 aromatic rings. The summed E-state index contributed by atoms with van der Waals surface area (Å²) in [4.78, 5) is 0. The monoisotopic (exact) mass is 340 g/mol. The lowest BCUT2D eigenvalue weighted by Crippen LogP contribution is -2.26. The average Bonchev–Trinajstić information content (AvgIpc) is 2.47. The molecule has 1 aliphatic rings. The van der Waals surface area contributed by atoms with Gasteiger partial charge in [-0.1, -0.05) is 40.9 Å². The van der Waals surface area contributed by atoms with Gasteiger partial charge in [0.15, 0.2) is 5.84 Å². The van der Waals surface area contributed by atoms with Crippen molar-refractivity contribution in [3.63, 3.8) is 0 Å². The standard InChI is InChI=1S/C15H21BrN2O2/c1-2-10-4-3-5-12(8-10)20-14-9-11(16)6-7-13(14)15(17)18-19/h6-7,9-10,12,19H,2-5,8H2,1H3,(H2,17,18). The van der Waals surface area contributed by atoms with Crippen LogP contribution in [0.3, 0.4) is 0 Å². The molecule has 0 heterocycles. The summed E-state index contributed by atoms with van der Waals surface area (Å²) in [5.74, 6) is 1.50. The molecule has 3 N–H and O–H groups in total. The van der Waals surface area contributed by atoms with E-state index in [2.05, 4.69) is 28.0 Å². The van der Waals surface area contributed by atoms with Crippen LogP contribution in [0.4, 0.5) is 0 Å². The topological polar surface area (TPSA) is 67.8 Å². The van der Waals surface area contributed by atoms with Gasteiger partial charge in [0, 0.05) is 4.47 Å². The molecule has 4 nitrogen and oxygen atoms in total. The maximum absolute atomic E-state index is 8.86. The van der Waals surface area contributed by atoms with E-state index >= 15 is 0 Å². The number of nitrogens with zero attached hydrogens (tertiary/aromatic N) is 1. The fourth-order valence-corrected chi connectivity index (χ4v) is 3.10. The molecule has 0 radical (unpaired) electrons. The molecular formula is C15H21BrN2O2. The molecule has 2 rings (SSSR count). The third-order valence-corrected chi connectivity index (χ3v) is 4.43. The third-order valence-electron chi connectivity index (χ3n) is 3.93. The van der Waals surface area contributed by atoms with Crippen LogP contribution in [0, 0.1) is 5.92 Å². The number of rotatable bonds is 4. The highest BCUT2D eigenvalue weighted by Gasteiger charge is 2.23.